The molecule has 7 heteroatoms. The van der Waals surface area contributed by atoms with E-state index in [1.807, 2.05) is 13.0 Å². The number of aliphatic carboxylic acids is 1. The van der Waals surface area contributed by atoms with Gasteiger partial charge in [0.15, 0.2) is 0 Å². The lowest BCUT2D eigenvalue weighted by atomic mass is 10.1. The van der Waals surface area contributed by atoms with E-state index < -0.39 is 12.0 Å². The minimum atomic E-state index is -0.863. The van der Waals surface area contributed by atoms with Gasteiger partial charge in [-0.15, -0.1) is 0 Å². The van der Waals surface area contributed by atoms with Gasteiger partial charge in [0, 0.05) is 29.9 Å². The van der Waals surface area contributed by atoms with Crippen LogP contribution in [0.1, 0.15) is 40.7 Å². The number of benzene rings is 2. The van der Waals surface area contributed by atoms with Crippen molar-refractivity contribution in [3.63, 3.8) is 0 Å². The van der Waals surface area contributed by atoms with Gasteiger partial charge in [-0.1, -0.05) is 18.2 Å². The van der Waals surface area contributed by atoms with E-state index in [0.717, 1.165) is 11.1 Å². The SMILES string of the molecule is Cc1ccc(C(=O)NCC2CC2)cc1NC(=O)Nc1cccc(CCC(=O)O)c1. The van der Waals surface area contributed by atoms with Gasteiger partial charge in [-0.2, -0.15) is 0 Å². The number of carboxylic acids is 1. The molecule has 1 aliphatic carbocycles. The Morgan fingerprint density at radius 1 is 1.07 bits per heavy atom. The van der Waals surface area contributed by atoms with E-state index in [2.05, 4.69) is 16.0 Å². The Hall–Kier alpha value is -3.35. The van der Waals surface area contributed by atoms with Crippen LogP contribution in [0, 0.1) is 12.8 Å². The zero-order valence-corrected chi connectivity index (χ0v) is 16.3. The van der Waals surface area contributed by atoms with Crippen molar-refractivity contribution in [2.24, 2.45) is 5.92 Å². The largest absolute Gasteiger partial charge is 0.481 e. The summed E-state index contributed by atoms with van der Waals surface area (Å²) in [5.74, 6) is -0.414. The quantitative estimate of drug-likeness (QED) is 0.545. The summed E-state index contributed by atoms with van der Waals surface area (Å²) in [5, 5.41) is 17.2. The van der Waals surface area contributed by atoms with Crippen molar-refractivity contribution in [1.82, 2.24) is 5.32 Å². The predicted molar refractivity (Wildman–Crippen MR) is 111 cm³/mol. The Labute approximate surface area is 169 Å². The predicted octanol–water partition coefficient (Wildman–Crippen LogP) is 3.80. The molecule has 0 spiro atoms. The van der Waals surface area contributed by atoms with Crippen LogP contribution in [0.2, 0.25) is 0 Å². The highest BCUT2D eigenvalue weighted by molar-refractivity contribution is 6.02. The molecule has 7 nitrogen and oxygen atoms in total. The third kappa shape index (κ3) is 6.34. The van der Waals surface area contributed by atoms with Crippen LogP contribution in [0.5, 0.6) is 0 Å². The summed E-state index contributed by atoms with van der Waals surface area (Å²) < 4.78 is 0. The summed E-state index contributed by atoms with van der Waals surface area (Å²) in [4.78, 5) is 35.4. The number of nitrogens with one attached hydrogen (secondary N) is 3. The first-order valence-corrected chi connectivity index (χ1v) is 9.68. The summed E-state index contributed by atoms with van der Waals surface area (Å²) >= 11 is 0. The summed E-state index contributed by atoms with van der Waals surface area (Å²) in [5.41, 5.74) is 3.30. The van der Waals surface area contributed by atoms with E-state index in [1.165, 1.54) is 12.8 Å². The second-order valence-electron chi connectivity index (χ2n) is 7.36. The molecule has 4 N–H and O–H groups in total. The summed E-state index contributed by atoms with van der Waals surface area (Å²) in [6.07, 6.45) is 2.76. The van der Waals surface area contributed by atoms with Crippen LogP contribution in [0.3, 0.4) is 0 Å². The van der Waals surface area contributed by atoms with Crippen LogP contribution in [0.4, 0.5) is 16.2 Å². The monoisotopic (exact) mass is 395 g/mol. The average Bonchev–Trinajstić information content (AvgIpc) is 3.51. The highest BCUT2D eigenvalue weighted by atomic mass is 16.4. The number of aryl methyl sites for hydroxylation is 2. The van der Waals surface area contributed by atoms with E-state index >= 15 is 0 Å². The summed E-state index contributed by atoms with van der Waals surface area (Å²) in [7, 11) is 0. The van der Waals surface area contributed by atoms with E-state index in [1.54, 1.807) is 36.4 Å². The second-order valence-corrected chi connectivity index (χ2v) is 7.36. The fraction of sp³-hybridized carbons (Fsp3) is 0.318. The first-order valence-electron chi connectivity index (χ1n) is 9.68. The number of carbonyl (C=O) groups excluding carboxylic acids is 2. The Kier molecular flexibility index (Phi) is 6.49. The maximum atomic E-state index is 12.4. The van der Waals surface area contributed by atoms with Gasteiger partial charge in [0.2, 0.25) is 0 Å². The maximum Gasteiger partial charge on any atom is 0.323 e. The zero-order valence-electron chi connectivity index (χ0n) is 16.3. The minimum Gasteiger partial charge on any atom is -0.481 e. The van der Waals surface area contributed by atoms with Crippen LogP contribution < -0.4 is 16.0 Å². The van der Waals surface area contributed by atoms with E-state index in [0.29, 0.717) is 35.8 Å². The average molecular weight is 395 g/mol. The molecule has 0 heterocycles. The maximum absolute atomic E-state index is 12.4. The minimum absolute atomic E-state index is 0.0322. The van der Waals surface area contributed by atoms with E-state index in [-0.39, 0.29) is 12.3 Å². The molecular formula is C22H25N3O4. The number of carboxylic acid groups (broad SMARTS) is 1. The third-order valence-corrected chi connectivity index (χ3v) is 4.81. The second kappa shape index (κ2) is 9.23. The fourth-order valence-electron chi connectivity index (χ4n) is 2.90. The number of carbonyl (C=O) groups is 3. The number of amides is 3. The number of rotatable bonds is 8. The molecular weight excluding hydrogens is 370 g/mol. The molecule has 1 fully saturated rings. The van der Waals surface area contributed by atoms with Gasteiger partial charge in [-0.05, 0) is 67.5 Å². The highest BCUT2D eigenvalue weighted by Gasteiger charge is 2.22. The normalized spacial score (nSPS) is 12.9. The number of hydrogen-bond acceptors (Lipinski definition) is 3. The van der Waals surface area contributed by atoms with Crippen molar-refractivity contribution >= 4 is 29.3 Å². The van der Waals surface area contributed by atoms with Gasteiger partial charge in [0.25, 0.3) is 5.91 Å². The van der Waals surface area contributed by atoms with Crippen LogP contribution in [0.25, 0.3) is 0 Å². The molecule has 0 aromatic heterocycles. The first kappa shape index (κ1) is 20.4. The van der Waals surface area contributed by atoms with Crippen molar-refractivity contribution in [3.05, 3.63) is 59.2 Å². The molecule has 0 aliphatic heterocycles. The summed E-state index contributed by atoms with van der Waals surface area (Å²) in [6.45, 7) is 2.54. The van der Waals surface area contributed by atoms with Gasteiger partial charge < -0.3 is 21.1 Å². The lowest BCUT2D eigenvalue weighted by molar-refractivity contribution is -0.136. The van der Waals surface area contributed by atoms with Crippen LogP contribution >= 0.6 is 0 Å². The molecule has 0 bridgehead atoms. The van der Waals surface area contributed by atoms with Gasteiger partial charge in [0.05, 0.1) is 0 Å². The molecule has 0 unspecified atom stereocenters. The zero-order chi connectivity index (χ0) is 20.8. The topological polar surface area (TPSA) is 108 Å². The smallest absolute Gasteiger partial charge is 0.323 e. The molecule has 2 aromatic rings. The summed E-state index contributed by atoms with van der Waals surface area (Å²) in [6, 6.07) is 11.8. The molecule has 0 radical (unpaired) electrons. The van der Waals surface area contributed by atoms with E-state index in [4.69, 9.17) is 5.11 Å². The molecule has 29 heavy (non-hydrogen) atoms. The molecule has 0 saturated heterocycles. The first-order chi connectivity index (χ1) is 13.9. The Morgan fingerprint density at radius 2 is 1.86 bits per heavy atom. The van der Waals surface area contributed by atoms with Crippen LogP contribution in [-0.2, 0) is 11.2 Å². The highest BCUT2D eigenvalue weighted by Crippen LogP contribution is 2.27. The Balaban J connectivity index is 1.61. The Bertz CT molecular complexity index is 922. The lowest BCUT2D eigenvalue weighted by Gasteiger charge is -2.12. The van der Waals surface area contributed by atoms with Crippen LogP contribution in [-0.4, -0.2) is 29.6 Å². The van der Waals surface area contributed by atoms with E-state index in [9.17, 15) is 14.4 Å². The molecule has 1 aliphatic rings. The standard InChI is InChI=1S/C22H25N3O4/c1-14-5-9-17(21(28)23-13-16-6-7-16)12-19(14)25-22(29)24-18-4-2-3-15(11-18)8-10-20(26)27/h2-5,9,11-12,16H,6-8,10,13H2,1H3,(H,23,28)(H,26,27)(H2,24,25,29). The number of hydrogen-bond donors (Lipinski definition) is 4. The van der Waals surface area contributed by atoms with Gasteiger partial charge in [0.1, 0.15) is 0 Å². The molecule has 1 saturated carbocycles. The molecule has 2 aromatic carbocycles. The van der Waals surface area contributed by atoms with Gasteiger partial charge in [-0.3, -0.25) is 9.59 Å². The molecule has 3 rings (SSSR count). The number of urea groups is 1. The number of anilines is 2. The lowest BCUT2D eigenvalue weighted by Crippen LogP contribution is -2.26. The molecule has 152 valence electrons. The van der Waals surface area contributed by atoms with Crippen molar-refractivity contribution in [1.29, 1.82) is 0 Å². The molecule has 0 atom stereocenters. The fourth-order valence-corrected chi connectivity index (χ4v) is 2.90. The van der Waals surface area contributed by atoms with Gasteiger partial charge >= 0.3 is 12.0 Å². The third-order valence-electron chi connectivity index (χ3n) is 4.81. The van der Waals surface area contributed by atoms with Crippen molar-refractivity contribution < 1.29 is 19.5 Å². The molecule has 3 amide bonds. The van der Waals surface area contributed by atoms with Gasteiger partial charge in [-0.25, -0.2) is 4.79 Å². The van der Waals surface area contributed by atoms with Crippen LogP contribution in [0.15, 0.2) is 42.5 Å². The van der Waals surface area contributed by atoms with Crippen molar-refractivity contribution in [2.75, 3.05) is 17.2 Å². The van der Waals surface area contributed by atoms with Crippen molar-refractivity contribution in [2.45, 2.75) is 32.6 Å². The Morgan fingerprint density at radius 3 is 2.59 bits per heavy atom. The van der Waals surface area contributed by atoms with Crippen molar-refractivity contribution in [3.8, 4) is 0 Å².